The van der Waals surface area contributed by atoms with Crippen LogP contribution >= 0.6 is 11.3 Å². The number of benzene rings is 2. The molecule has 0 unspecified atom stereocenters. The lowest BCUT2D eigenvalue weighted by Crippen LogP contribution is -2.20. The second kappa shape index (κ2) is 7.72. The molecule has 25 heavy (non-hydrogen) atoms. The number of nitrogens with one attached hydrogen (secondary N) is 1. The Morgan fingerprint density at radius 1 is 1.04 bits per heavy atom. The second-order valence-corrected chi connectivity index (χ2v) is 6.55. The fourth-order valence-electron chi connectivity index (χ4n) is 2.23. The molecule has 0 aliphatic rings. The highest BCUT2D eigenvalue weighted by molar-refractivity contribution is 7.13. The molecule has 126 valence electrons. The lowest BCUT2D eigenvalue weighted by atomic mass is 10.1. The summed E-state index contributed by atoms with van der Waals surface area (Å²) in [6, 6.07) is 17.4. The van der Waals surface area contributed by atoms with Crippen molar-refractivity contribution in [2.24, 2.45) is 0 Å². The molecule has 0 aliphatic heterocycles. The van der Waals surface area contributed by atoms with Gasteiger partial charge in [-0.15, -0.1) is 11.3 Å². The van der Waals surface area contributed by atoms with Crippen LogP contribution in [-0.4, -0.2) is 23.5 Å². The lowest BCUT2D eigenvalue weighted by molar-refractivity contribution is -0.119. The van der Waals surface area contributed by atoms with Gasteiger partial charge in [-0.2, -0.15) is 0 Å². The van der Waals surface area contributed by atoms with E-state index in [0.29, 0.717) is 10.6 Å². The van der Waals surface area contributed by atoms with Gasteiger partial charge in [-0.1, -0.05) is 42.5 Å². The van der Waals surface area contributed by atoms with Gasteiger partial charge in [0.05, 0.1) is 11.2 Å². The lowest BCUT2D eigenvalue weighted by Gasteiger charge is -2.07. The van der Waals surface area contributed by atoms with Gasteiger partial charge in [0.25, 0.3) is 5.91 Å². The molecule has 2 aromatic carbocycles. The molecule has 0 fully saturated rings. The number of anilines is 1. The molecule has 6 heteroatoms. The maximum absolute atomic E-state index is 11.9. The minimum Gasteiger partial charge on any atom is -0.451 e. The Labute approximate surface area is 149 Å². The van der Waals surface area contributed by atoms with Gasteiger partial charge in [0.1, 0.15) is 4.88 Å². The Bertz CT molecular complexity index is 873. The van der Waals surface area contributed by atoms with Crippen LogP contribution < -0.4 is 5.32 Å². The number of hydrogen-bond donors (Lipinski definition) is 1. The zero-order chi connectivity index (χ0) is 17.6. The van der Waals surface area contributed by atoms with E-state index < -0.39 is 5.97 Å². The number of thiazole rings is 1. The molecular weight excluding hydrogens is 336 g/mol. The number of amides is 1. The van der Waals surface area contributed by atoms with Crippen molar-refractivity contribution in [3.63, 3.8) is 0 Å². The fraction of sp³-hybridized carbons (Fsp3) is 0.105. The van der Waals surface area contributed by atoms with Gasteiger partial charge < -0.3 is 10.1 Å². The molecule has 0 radical (unpaired) electrons. The minimum atomic E-state index is -0.542. The first-order valence-corrected chi connectivity index (χ1v) is 8.48. The molecule has 0 aliphatic carbocycles. The average Bonchev–Trinajstić information content (AvgIpc) is 3.08. The van der Waals surface area contributed by atoms with Crippen molar-refractivity contribution < 1.29 is 14.3 Å². The summed E-state index contributed by atoms with van der Waals surface area (Å²) >= 11 is 1.23. The van der Waals surface area contributed by atoms with Crippen molar-refractivity contribution in [3.05, 3.63) is 70.7 Å². The third-order valence-electron chi connectivity index (χ3n) is 3.43. The summed E-state index contributed by atoms with van der Waals surface area (Å²) < 4.78 is 4.99. The molecule has 1 amide bonds. The number of rotatable bonds is 5. The van der Waals surface area contributed by atoms with E-state index in [9.17, 15) is 9.59 Å². The number of nitrogens with zero attached hydrogens (tertiary/aromatic N) is 1. The summed E-state index contributed by atoms with van der Waals surface area (Å²) in [4.78, 5) is 28.1. The maximum atomic E-state index is 11.9. The molecule has 0 saturated heterocycles. The van der Waals surface area contributed by atoms with E-state index in [-0.39, 0.29) is 12.5 Å². The Morgan fingerprint density at radius 3 is 2.36 bits per heavy atom. The molecule has 0 spiro atoms. The predicted octanol–water partition coefficient (Wildman–Crippen LogP) is 3.91. The van der Waals surface area contributed by atoms with Crippen LogP contribution in [0.15, 0.2) is 60.8 Å². The van der Waals surface area contributed by atoms with Gasteiger partial charge in [0, 0.05) is 5.69 Å². The van der Waals surface area contributed by atoms with Crippen molar-refractivity contribution in [3.8, 4) is 11.1 Å². The first kappa shape index (κ1) is 16.9. The average molecular weight is 352 g/mol. The summed E-state index contributed by atoms with van der Waals surface area (Å²) in [6.45, 7) is 1.46. The summed E-state index contributed by atoms with van der Waals surface area (Å²) in [5, 5.41) is 3.48. The van der Waals surface area contributed by atoms with E-state index in [0.717, 1.165) is 16.1 Å². The minimum absolute atomic E-state index is 0.337. The number of ether oxygens (including phenoxy) is 1. The van der Waals surface area contributed by atoms with E-state index in [4.69, 9.17) is 4.74 Å². The maximum Gasteiger partial charge on any atom is 0.350 e. The van der Waals surface area contributed by atoms with E-state index in [1.807, 2.05) is 54.6 Å². The molecule has 5 nitrogen and oxygen atoms in total. The van der Waals surface area contributed by atoms with Crippen LogP contribution in [0.2, 0.25) is 0 Å². The van der Waals surface area contributed by atoms with Crippen molar-refractivity contribution in [2.75, 3.05) is 11.9 Å². The zero-order valence-electron chi connectivity index (χ0n) is 13.6. The molecule has 0 saturated carbocycles. The monoisotopic (exact) mass is 352 g/mol. The van der Waals surface area contributed by atoms with Gasteiger partial charge in [0.15, 0.2) is 6.61 Å². The highest BCUT2D eigenvalue weighted by Crippen LogP contribution is 2.21. The highest BCUT2D eigenvalue weighted by Gasteiger charge is 2.13. The van der Waals surface area contributed by atoms with E-state index in [1.165, 1.54) is 17.5 Å². The van der Waals surface area contributed by atoms with Gasteiger partial charge >= 0.3 is 5.97 Å². The van der Waals surface area contributed by atoms with Crippen LogP contribution in [0.3, 0.4) is 0 Å². The van der Waals surface area contributed by atoms with E-state index in [1.54, 1.807) is 6.92 Å². The highest BCUT2D eigenvalue weighted by atomic mass is 32.1. The van der Waals surface area contributed by atoms with Crippen molar-refractivity contribution in [1.29, 1.82) is 0 Å². The summed E-state index contributed by atoms with van der Waals surface area (Å²) in [7, 11) is 0. The molecule has 1 heterocycles. The van der Waals surface area contributed by atoms with Crippen molar-refractivity contribution >= 4 is 28.9 Å². The number of aromatic nitrogens is 1. The first-order chi connectivity index (χ1) is 12.1. The number of aryl methyl sites for hydroxylation is 1. The van der Waals surface area contributed by atoms with Gasteiger partial charge in [-0.3, -0.25) is 4.79 Å². The Hall–Kier alpha value is -2.99. The summed E-state index contributed by atoms with van der Waals surface area (Å²) in [6.07, 6.45) is 1.45. The van der Waals surface area contributed by atoms with E-state index in [2.05, 4.69) is 10.3 Å². The SMILES string of the molecule is Cc1ncc(C(=O)OCC(=O)Nc2ccc(-c3ccccc3)cc2)s1. The third-order valence-corrected chi connectivity index (χ3v) is 4.33. The molecule has 0 bridgehead atoms. The molecule has 3 rings (SSSR count). The largest absolute Gasteiger partial charge is 0.451 e. The number of carbonyl (C=O) groups is 2. The smallest absolute Gasteiger partial charge is 0.350 e. The zero-order valence-corrected chi connectivity index (χ0v) is 14.4. The topological polar surface area (TPSA) is 68.3 Å². The van der Waals surface area contributed by atoms with E-state index >= 15 is 0 Å². The van der Waals surface area contributed by atoms with Gasteiger partial charge in [0.2, 0.25) is 0 Å². The summed E-state index contributed by atoms with van der Waals surface area (Å²) in [5.74, 6) is -0.928. The van der Waals surface area contributed by atoms with Crippen LogP contribution in [0.1, 0.15) is 14.7 Å². The standard InChI is InChI=1S/C19H16N2O3S/c1-13-20-11-17(25-13)19(23)24-12-18(22)21-16-9-7-15(8-10-16)14-5-3-2-4-6-14/h2-11H,12H2,1H3,(H,21,22). The predicted molar refractivity (Wildman–Crippen MR) is 97.6 cm³/mol. The van der Waals surface area contributed by atoms with Crippen LogP contribution in [0.4, 0.5) is 5.69 Å². The molecule has 1 N–H and O–H groups in total. The molecule has 0 atom stereocenters. The third kappa shape index (κ3) is 4.51. The normalized spacial score (nSPS) is 10.3. The second-order valence-electron chi connectivity index (χ2n) is 5.31. The van der Waals surface area contributed by atoms with Crippen LogP contribution in [-0.2, 0) is 9.53 Å². The molecule has 3 aromatic rings. The van der Waals surface area contributed by atoms with Crippen LogP contribution in [0, 0.1) is 6.92 Å². The Balaban J connectivity index is 1.53. The molecular formula is C19H16N2O3S. The van der Waals surface area contributed by atoms with Crippen molar-refractivity contribution in [1.82, 2.24) is 4.98 Å². The van der Waals surface area contributed by atoms with Gasteiger partial charge in [-0.25, -0.2) is 9.78 Å². The van der Waals surface area contributed by atoms with Crippen LogP contribution in [0.5, 0.6) is 0 Å². The van der Waals surface area contributed by atoms with Crippen LogP contribution in [0.25, 0.3) is 11.1 Å². The fourth-order valence-corrected chi connectivity index (χ4v) is 2.90. The first-order valence-electron chi connectivity index (χ1n) is 7.67. The van der Waals surface area contributed by atoms with Gasteiger partial charge in [-0.05, 0) is 30.2 Å². The Morgan fingerprint density at radius 2 is 1.72 bits per heavy atom. The number of carbonyl (C=O) groups excluding carboxylic acids is 2. The number of esters is 1. The summed E-state index contributed by atoms with van der Waals surface area (Å²) in [5.41, 5.74) is 2.81. The van der Waals surface area contributed by atoms with Crippen molar-refractivity contribution in [2.45, 2.75) is 6.92 Å². The number of hydrogen-bond acceptors (Lipinski definition) is 5. The molecule has 1 aromatic heterocycles. The quantitative estimate of drug-likeness (QED) is 0.707. The Kier molecular flexibility index (Phi) is 5.20.